The Labute approximate surface area is 894 Å². The van der Waals surface area contributed by atoms with E-state index in [1.54, 1.807) is 48.9 Å². The lowest BCUT2D eigenvalue weighted by Crippen LogP contribution is -2.43. The van der Waals surface area contributed by atoms with E-state index in [0.29, 0.717) is 30.2 Å². The van der Waals surface area contributed by atoms with E-state index in [4.69, 9.17) is 0 Å². The van der Waals surface area contributed by atoms with Gasteiger partial charge in [-0.25, -0.2) is 15.0 Å². The van der Waals surface area contributed by atoms with Crippen LogP contribution in [0.3, 0.4) is 0 Å². The Kier molecular flexibility index (Phi) is 36.6. The van der Waals surface area contributed by atoms with Crippen molar-refractivity contribution in [3.05, 3.63) is 245 Å². The lowest BCUT2D eigenvalue weighted by atomic mass is 10.0. The van der Waals surface area contributed by atoms with Crippen LogP contribution in [-0.4, -0.2) is 287 Å². The number of benzene rings is 2. The van der Waals surface area contributed by atoms with E-state index in [1.165, 1.54) is 94.0 Å². The Hall–Kier alpha value is -13.2. The molecule has 0 unspecified atom stereocenters. The zero-order valence-corrected chi connectivity index (χ0v) is 94.4. The molecule has 5 aliphatic rings. The third-order valence-corrected chi connectivity index (χ3v) is 33.5. The summed E-state index contributed by atoms with van der Waals surface area (Å²) in [6.45, 7) is 44.8. The van der Waals surface area contributed by atoms with E-state index in [9.17, 15) is 0 Å². The molecule has 15 aromatic rings. The fourth-order valence-corrected chi connectivity index (χ4v) is 22.9. The highest BCUT2D eigenvalue weighted by molar-refractivity contribution is 7.98. The Bertz CT molecular complexity index is 6810. The smallest absolute Gasteiger partial charge is 0.187 e. The van der Waals surface area contributed by atoms with Crippen LogP contribution >= 0.6 is 23.1 Å². The predicted molar refractivity (Wildman–Crippen MR) is 602 cm³/mol. The second kappa shape index (κ2) is 50.2. The van der Waals surface area contributed by atoms with E-state index < -0.39 is 0 Å². The molecular weight excluding hydrogens is 1910 g/mol. The maximum absolute atomic E-state index is 4.63. The maximum atomic E-state index is 4.63. The first-order chi connectivity index (χ1) is 72.3. The number of hydrogen-bond acceptors (Lipinski definition) is 32. The summed E-state index contributed by atoms with van der Waals surface area (Å²) >= 11 is 3.40. The minimum absolute atomic E-state index is 0.534. The van der Waals surface area contributed by atoms with Gasteiger partial charge in [-0.2, -0.15) is 35.7 Å². The first-order valence-electron chi connectivity index (χ1n) is 52.8. The molecule has 0 aliphatic carbocycles. The number of thiazole rings is 1. The van der Waals surface area contributed by atoms with Crippen LogP contribution in [0.25, 0.3) is 56.9 Å². The molecule has 0 bridgehead atoms. The molecule has 13 aromatic heterocycles. The van der Waals surface area contributed by atoms with Gasteiger partial charge in [0.25, 0.3) is 0 Å². The summed E-state index contributed by atoms with van der Waals surface area (Å²) < 4.78 is 9.24. The summed E-state index contributed by atoms with van der Waals surface area (Å²) in [7, 11) is 20.8. The van der Waals surface area contributed by atoms with Gasteiger partial charge in [-0.05, 0) is 329 Å². The molecular formula is C113H153N35S2. The van der Waals surface area contributed by atoms with Crippen molar-refractivity contribution < 1.29 is 0 Å². The largest absolute Gasteiger partial charge is 0.355 e. The molecule has 0 amide bonds. The Morgan fingerprint density at radius 2 is 0.587 bits per heavy atom. The van der Waals surface area contributed by atoms with Gasteiger partial charge >= 0.3 is 0 Å². The van der Waals surface area contributed by atoms with Crippen LogP contribution in [0.4, 0.5) is 29.1 Å². The first-order valence-corrected chi connectivity index (χ1v) is 54.8. The first kappa shape index (κ1) is 110. The maximum Gasteiger partial charge on any atom is 0.187 e. The molecule has 5 saturated heterocycles. The van der Waals surface area contributed by atoms with E-state index >= 15 is 0 Å². The Morgan fingerprint density at radius 1 is 0.300 bits per heavy atom. The molecule has 37 heteroatoms. The highest BCUT2D eigenvalue weighted by Gasteiger charge is 2.34. The monoisotopic (exact) mass is 2060 g/mol. The minimum Gasteiger partial charge on any atom is -0.355 e. The van der Waals surface area contributed by atoms with Crippen molar-refractivity contribution in [2.75, 3.05) is 131 Å². The number of nitrogens with zero attached hydrogens (tertiary/aromatic N) is 35. The molecule has 2 aromatic carbocycles. The van der Waals surface area contributed by atoms with Crippen LogP contribution in [0.15, 0.2) is 146 Å². The molecule has 0 spiro atoms. The van der Waals surface area contributed by atoms with Gasteiger partial charge < -0.3 is 24.5 Å². The minimum atomic E-state index is 0.534. The van der Waals surface area contributed by atoms with Crippen LogP contribution in [0.5, 0.6) is 0 Å². The van der Waals surface area contributed by atoms with Gasteiger partial charge in [-0.15, -0.1) is 62.3 Å². The van der Waals surface area contributed by atoms with Gasteiger partial charge in [0.2, 0.25) is 0 Å². The summed E-state index contributed by atoms with van der Waals surface area (Å²) in [5, 5.41) is 77.1. The summed E-state index contributed by atoms with van der Waals surface area (Å²) in [5.41, 5.74) is 30.5. The van der Waals surface area contributed by atoms with Crippen LogP contribution in [0, 0.1) is 96.9 Å². The number of hydrogen-bond donors (Lipinski definition) is 0. The molecule has 0 N–H and O–H groups in total. The molecule has 0 radical (unpaired) electrons. The van der Waals surface area contributed by atoms with Crippen LogP contribution in [0.1, 0.15) is 169 Å². The number of thioether (sulfide) groups is 1. The zero-order valence-electron chi connectivity index (χ0n) is 92.8. The number of rotatable bonds is 26. The molecule has 18 heterocycles. The summed E-state index contributed by atoms with van der Waals surface area (Å²) in [6, 6.07) is 34.2. The second-order valence-electron chi connectivity index (χ2n) is 41.4. The van der Waals surface area contributed by atoms with Gasteiger partial charge in [0.15, 0.2) is 34.2 Å². The predicted octanol–water partition coefficient (Wildman–Crippen LogP) is 17.0. The SMILES string of the molecule is CSc1nccc(CN(C)C2CCN(c3nnc(-c4ccnn4C)c(C)c3C)CC2)n1.Cc1c(-c2ccnn2C)nnc(N2CCC(N(C)Cc3ccnnc3)CC2)c1C.Cc1ccccc1CN(C)C1CCN(c2nnc(-c3ccnn3C)c(C)c2C)CC1.Cc1ccccc1CN(C)C1CCN(c2nnc(-c3ccnn3C)c(C)c2C)CC1.Cc1nc(C)c(CN(C)C2CCN(c3nnc(-c4ccnn4C)c(C)c3C)CC2)s1. The molecule has 0 atom stereocenters. The average molecular weight is 2070 g/mol. The second-order valence-corrected chi connectivity index (χ2v) is 43.4. The number of aromatic nitrogens is 25. The van der Waals surface area contributed by atoms with E-state index in [2.05, 4.69) is 331 Å². The van der Waals surface area contributed by atoms with Crippen LogP contribution in [0.2, 0.25) is 0 Å². The normalized spacial score (nSPS) is 15.2. The molecule has 792 valence electrons. The third kappa shape index (κ3) is 25.8. The summed E-state index contributed by atoms with van der Waals surface area (Å²) in [6.07, 6.45) is 27.7. The van der Waals surface area contributed by atoms with Crippen LogP contribution in [-0.2, 0) is 68.0 Å². The van der Waals surface area contributed by atoms with Gasteiger partial charge in [-0.1, -0.05) is 60.3 Å². The van der Waals surface area contributed by atoms with E-state index in [-0.39, 0.29) is 0 Å². The van der Waals surface area contributed by atoms with Crippen molar-refractivity contribution in [3.8, 4) is 56.9 Å². The topological polar surface area (TPSA) is 315 Å². The van der Waals surface area contributed by atoms with Crippen molar-refractivity contribution in [2.24, 2.45) is 35.2 Å². The molecule has 35 nitrogen and oxygen atoms in total. The molecule has 0 saturated carbocycles. The van der Waals surface area contributed by atoms with Gasteiger partial charge in [0.1, 0.15) is 28.5 Å². The number of piperidine rings is 5. The standard InChI is InChI=1S/2C24H32N6.C22H30N8S.C22H31N7S.C21H28N8/c2*1-17-8-6-7-9-20(17)16-28(4)21-11-14-30(15-12-21)24-19(3)18(2)23(26-27-24)22-10-13-25-29(22)5;1-15-16(2)21(27-26-20(15)19-7-11-24-29(19)4)30-12-8-18(9-13-30)28(3)14-17-6-10-23-22(25-17)31-5;1-14-15(2)22(26-25-21(14)19-7-10-23-28(19)6)29-11-8-18(9-12-29)27(5)13-20-16(3)24-17(4)30-20;1-15-16(2)21(26-25-20(15)19-6-10-24-28(19)4)29-11-7-18(8-12-29)27(3)14-17-5-9-22-23-13-17/h2*6-10,13,21H,11-12,14-16H2,1-5H3;6-7,10-11,18H,8-9,12-14H2,1-5H3;7,10,18H,8-9,11-13H2,1-6H3;5-6,9-10,13,18H,7-8,11-12,14H2,1-4H3. The molecule has 5 fully saturated rings. The Balaban J connectivity index is 0.000000133. The summed E-state index contributed by atoms with van der Waals surface area (Å²) in [5.74, 6) is 5.09. The van der Waals surface area contributed by atoms with Crippen molar-refractivity contribution in [2.45, 2.75) is 229 Å². The van der Waals surface area contributed by atoms with Crippen molar-refractivity contribution in [1.29, 1.82) is 0 Å². The van der Waals surface area contributed by atoms with Gasteiger partial charge in [-0.3, -0.25) is 47.9 Å². The van der Waals surface area contributed by atoms with Crippen molar-refractivity contribution in [1.82, 2.24) is 150 Å². The van der Waals surface area contributed by atoms with E-state index in [0.717, 1.165) is 264 Å². The van der Waals surface area contributed by atoms with Gasteiger partial charge in [0.05, 0.1) is 51.1 Å². The van der Waals surface area contributed by atoms with Crippen molar-refractivity contribution in [3.63, 3.8) is 0 Å². The highest BCUT2D eigenvalue weighted by Crippen LogP contribution is 2.39. The molecule has 150 heavy (non-hydrogen) atoms. The molecule has 5 aliphatic heterocycles. The average Bonchev–Trinajstić information content (AvgIpc) is 1.38. The van der Waals surface area contributed by atoms with Crippen LogP contribution < -0.4 is 24.5 Å². The third-order valence-electron chi connectivity index (χ3n) is 31.9. The number of anilines is 5. The fraction of sp³-hybridized carbons (Fsp3) is 0.487. The van der Waals surface area contributed by atoms with E-state index in [1.807, 2.05) is 131 Å². The number of aryl methyl sites for hydroxylation is 9. The lowest BCUT2D eigenvalue weighted by Gasteiger charge is -2.38. The quantitative estimate of drug-likeness (QED) is 0.0359. The summed E-state index contributed by atoms with van der Waals surface area (Å²) in [4.78, 5) is 39.2. The fourth-order valence-electron chi connectivity index (χ4n) is 21.5. The van der Waals surface area contributed by atoms with Crippen molar-refractivity contribution >= 4 is 52.2 Å². The highest BCUT2D eigenvalue weighted by atomic mass is 32.2. The lowest BCUT2D eigenvalue weighted by molar-refractivity contribution is 0.197. The Morgan fingerprint density at radius 3 is 0.847 bits per heavy atom. The molecule has 20 rings (SSSR count). The van der Waals surface area contributed by atoms with Gasteiger partial charge in [0, 0.05) is 212 Å². The zero-order chi connectivity index (χ0) is 106.